The van der Waals surface area contributed by atoms with Gasteiger partial charge in [-0.15, -0.1) is 0 Å². The Morgan fingerprint density at radius 3 is 2.56 bits per heavy atom. The lowest BCUT2D eigenvalue weighted by molar-refractivity contribution is -0.384. The van der Waals surface area contributed by atoms with Gasteiger partial charge >= 0.3 is 5.97 Å². The molecule has 1 aromatic heterocycles. The standard InChI is InChI=1S/C25H18ClNO7/c1-14(2)17-5-3-4-6-21(17)34-23-13-32-22-12-16(8-9-18(22)24(23)28)33-25(29)19-11-15(27(30)31)7-10-20(19)26/h3-14H,1-2H3. The molecule has 0 N–H and O–H groups in total. The van der Waals surface area contributed by atoms with E-state index in [9.17, 15) is 19.7 Å². The van der Waals surface area contributed by atoms with Crippen LogP contribution in [0.3, 0.4) is 0 Å². The van der Waals surface area contributed by atoms with Gasteiger partial charge in [-0.25, -0.2) is 4.79 Å². The molecule has 0 saturated carbocycles. The SMILES string of the molecule is CC(C)c1ccccc1Oc1coc2cc(OC(=O)c3cc([N+](=O)[O-])ccc3Cl)ccc2c1=O. The number of nitrogens with zero attached hydrogens (tertiary/aromatic N) is 1. The second kappa shape index (κ2) is 9.36. The molecule has 172 valence electrons. The molecule has 0 fully saturated rings. The summed E-state index contributed by atoms with van der Waals surface area (Å²) in [5.41, 5.74) is 0.269. The topological polar surface area (TPSA) is 109 Å². The molecule has 1 heterocycles. The van der Waals surface area contributed by atoms with Crippen molar-refractivity contribution in [3.8, 4) is 17.2 Å². The molecule has 0 saturated heterocycles. The zero-order chi connectivity index (χ0) is 24.4. The average Bonchev–Trinajstić information content (AvgIpc) is 2.81. The number of nitro groups is 1. The fourth-order valence-corrected chi connectivity index (χ4v) is 3.53. The molecule has 8 nitrogen and oxygen atoms in total. The predicted molar refractivity (Wildman–Crippen MR) is 126 cm³/mol. The van der Waals surface area contributed by atoms with E-state index in [1.807, 2.05) is 32.0 Å². The minimum absolute atomic E-state index is 0.00592. The molecule has 0 aliphatic rings. The monoisotopic (exact) mass is 479 g/mol. The number of carbonyl (C=O) groups is 1. The summed E-state index contributed by atoms with van der Waals surface area (Å²) in [6.07, 6.45) is 1.20. The predicted octanol–water partition coefficient (Wildman–Crippen LogP) is 6.49. The van der Waals surface area contributed by atoms with E-state index in [1.54, 1.807) is 6.07 Å². The van der Waals surface area contributed by atoms with Gasteiger partial charge in [-0.2, -0.15) is 0 Å². The fourth-order valence-electron chi connectivity index (χ4n) is 3.34. The van der Waals surface area contributed by atoms with Crippen LogP contribution in [0.5, 0.6) is 17.2 Å². The molecular formula is C25H18ClNO7. The first kappa shape index (κ1) is 23.0. The summed E-state index contributed by atoms with van der Waals surface area (Å²) in [6, 6.07) is 15.1. The van der Waals surface area contributed by atoms with Crippen molar-refractivity contribution in [3.63, 3.8) is 0 Å². The number of nitro benzene ring substituents is 1. The second-order valence-electron chi connectivity index (χ2n) is 7.69. The van der Waals surface area contributed by atoms with Gasteiger partial charge in [0.1, 0.15) is 23.3 Å². The maximum atomic E-state index is 12.9. The Kier molecular flexibility index (Phi) is 6.34. The minimum atomic E-state index is -0.888. The highest BCUT2D eigenvalue weighted by molar-refractivity contribution is 6.33. The summed E-state index contributed by atoms with van der Waals surface area (Å²) in [7, 11) is 0. The van der Waals surface area contributed by atoms with E-state index >= 15 is 0 Å². The number of benzene rings is 3. The number of rotatable bonds is 6. The summed E-state index contributed by atoms with van der Waals surface area (Å²) >= 11 is 6.00. The van der Waals surface area contributed by atoms with E-state index in [-0.39, 0.29) is 50.1 Å². The Bertz CT molecular complexity index is 1480. The first-order chi connectivity index (χ1) is 16.2. The summed E-state index contributed by atoms with van der Waals surface area (Å²) in [5.74, 6) is -0.0413. The Hall–Kier alpha value is -4.17. The molecule has 0 bridgehead atoms. The van der Waals surface area contributed by atoms with Gasteiger partial charge in [0.05, 0.1) is 20.9 Å². The number of fused-ring (bicyclic) bond motifs is 1. The molecule has 4 rings (SSSR count). The van der Waals surface area contributed by atoms with Gasteiger partial charge in [-0.05, 0) is 35.7 Å². The van der Waals surface area contributed by atoms with E-state index in [4.69, 9.17) is 25.5 Å². The molecule has 34 heavy (non-hydrogen) atoms. The molecule has 0 aliphatic carbocycles. The Morgan fingerprint density at radius 2 is 1.82 bits per heavy atom. The zero-order valence-corrected chi connectivity index (χ0v) is 18.9. The third-order valence-electron chi connectivity index (χ3n) is 5.07. The highest BCUT2D eigenvalue weighted by Gasteiger charge is 2.19. The molecule has 0 spiro atoms. The van der Waals surface area contributed by atoms with E-state index in [1.165, 1.54) is 36.6 Å². The number of non-ortho nitro benzene ring substituents is 1. The van der Waals surface area contributed by atoms with Crippen LogP contribution in [0.25, 0.3) is 11.0 Å². The summed E-state index contributed by atoms with van der Waals surface area (Å²) in [6.45, 7) is 4.05. The lowest BCUT2D eigenvalue weighted by Gasteiger charge is -2.13. The second-order valence-corrected chi connectivity index (χ2v) is 8.10. The first-order valence-electron chi connectivity index (χ1n) is 10.2. The molecule has 4 aromatic rings. The Labute approximate surface area is 198 Å². The number of carbonyl (C=O) groups excluding carboxylic acids is 1. The average molecular weight is 480 g/mol. The van der Waals surface area contributed by atoms with Crippen molar-refractivity contribution in [1.82, 2.24) is 0 Å². The van der Waals surface area contributed by atoms with Crippen LogP contribution in [0, 0.1) is 10.1 Å². The molecular weight excluding hydrogens is 462 g/mol. The van der Waals surface area contributed by atoms with Crippen LogP contribution in [0.4, 0.5) is 5.69 Å². The highest BCUT2D eigenvalue weighted by atomic mass is 35.5. The number of ether oxygens (including phenoxy) is 2. The van der Waals surface area contributed by atoms with Crippen LogP contribution in [-0.2, 0) is 0 Å². The van der Waals surface area contributed by atoms with Gasteiger partial charge in [0.25, 0.3) is 5.69 Å². The van der Waals surface area contributed by atoms with Gasteiger partial charge in [-0.1, -0.05) is 43.6 Å². The van der Waals surface area contributed by atoms with E-state index in [2.05, 4.69) is 0 Å². The normalized spacial score (nSPS) is 10.9. The molecule has 0 radical (unpaired) electrons. The number of halogens is 1. The molecule has 9 heteroatoms. The van der Waals surface area contributed by atoms with Crippen LogP contribution in [0.2, 0.25) is 5.02 Å². The summed E-state index contributed by atoms with van der Waals surface area (Å²) < 4.78 is 16.7. The lowest BCUT2D eigenvalue weighted by Crippen LogP contribution is -2.10. The third kappa shape index (κ3) is 4.62. The van der Waals surface area contributed by atoms with Gasteiger partial charge < -0.3 is 13.9 Å². The quantitative estimate of drug-likeness (QED) is 0.134. The van der Waals surface area contributed by atoms with Gasteiger partial charge in [0, 0.05) is 18.2 Å². The lowest BCUT2D eigenvalue weighted by atomic mass is 10.0. The van der Waals surface area contributed by atoms with Crippen LogP contribution in [0.15, 0.2) is 76.1 Å². The fraction of sp³-hybridized carbons (Fsp3) is 0.120. The Morgan fingerprint density at radius 1 is 1.06 bits per heavy atom. The minimum Gasteiger partial charge on any atom is -0.460 e. The summed E-state index contributed by atoms with van der Waals surface area (Å²) in [4.78, 5) is 35.8. The smallest absolute Gasteiger partial charge is 0.345 e. The highest BCUT2D eigenvalue weighted by Crippen LogP contribution is 2.30. The molecule has 0 unspecified atom stereocenters. The van der Waals surface area contributed by atoms with E-state index in [0.717, 1.165) is 11.6 Å². The van der Waals surface area contributed by atoms with Gasteiger partial charge in [0.2, 0.25) is 11.2 Å². The maximum Gasteiger partial charge on any atom is 0.345 e. The van der Waals surface area contributed by atoms with Crippen molar-refractivity contribution in [2.45, 2.75) is 19.8 Å². The van der Waals surface area contributed by atoms with Crippen LogP contribution in [-0.4, -0.2) is 10.9 Å². The van der Waals surface area contributed by atoms with Gasteiger partial charge in [-0.3, -0.25) is 14.9 Å². The van der Waals surface area contributed by atoms with Crippen LogP contribution < -0.4 is 14.9 Å². The van der Waals surface area contributed by atoms with E-state index in [0.29, 0.717) is 5.75 Å². The molecule has 0 aliphatic heterocycles. The number of esters is 1. The number of hydrogen-bond donors (Lipinski definition) is 0. The zero-order valence-electron chi connectivity index (χ0n) is 18.1. The van der Waals surface area contributed by atoms with Crippen molar-refractivity contribution >= 4 is 34.2 Å². The number of hydrogen-bond acceptors (Lipinski definition) is 7. The molecule has 3 aromatic carbocycles. The van der Waals surface area contributed by atoms with Crippen molar-refractivity contribution in [2.24, 2.45) is 0 Å². The van der Waals surface area contributed by atoms with Crippen LogP contribution >= 0.6 is 11.6 Å². The first-order valence-corrected chi connectivity index (χ1v) is 10.6. The maximum absolute atomic E-state index is 12.9. The van der Waals surface area contributed by atoms with Gasteiger partial charge in [0.15, 0.2) is 0 Å². The Balaban J connectivity index is 1.61. The molecule has 0 amide bonds. The van der Waals surface area contributed by atoms with E-state index < -0.39 is 10.9 Å². The third-order valence-corrected chi connectivity index (χ3v) is 5.40. The van der Waals surface area contributed by atoms with Crippen molar-refractivity contribution in [2.75, 3.05) is 0 Å². The van der Waals surface area contributed by atoms with Crippen molar-refractivity contribution < 1.29 is 23.6 Å². The largest absolute Gasteiger partial charge is 0.460 e. The molecule has 0 atom stereocenters. The number of para-hydroxylation sites is 1. The van der Waals surface area contributed by atoms with Crippen molar-refractivity contribution in [1.29, 1.82) is 0 Å². The van der Waals surface area contributed by atoms with Crippen LogP contribution in [0.1, 0.15) is 35.7 Å². The van der Waals surface area contributed by atoms with Crippen molar-refractivity contribution in [3.05, 3.63) is 103 Å². The summed E-state index contributed by atoms with van der Waals surface area (Å²) in [5, 5.41) is 11.2.